The summed E-state index contributed by atoms with van der Waals surface area (Å²) in [7, 11) is 0.360. The molecule has 4 atom stereocenters. The molecule has 1 fully saturated rings. The Morgan fingerprint density at radius 1 is 1.05 bits per heavy atom. The first kappa shape index (κ1) is 29.1. The molecule has 1 aliphatic rings. The maximum Gasteiger partial charge on any atom is 0.245 e. The van der Waals surface area contributed by atoms with Gasteiger partial charge in [0, 0.05) is 32.0 Å². The first-order chi connectivity index (χ1) is 18.7. The van der Waals surface area contributed by atoms with E-state index in [-0.39, 0.29) is 47.5 Å². The molecule has 15 heteroatoms. The minimum absolute atomic E-state index is 0.0294. The number of aliphatic hydroxyl groups is 1. The molecule has 39 heavy (non-hydrogen) atoms. The van der Waals surface area contributed by atoms with E-state index in [4.69, 9.17) is 25.8 Å². The summed E-state index contributed by atoms with van der Waals surface area (Å²) in [4.78, 5) is 16.7. The first-order valence-corrected chi connectivity index (χ1v) is 14.5. The van der Waals surface area contributed by atoms with E-state index in [9.17, 15) is 13.5 Å². The highest BCUT2D eigenvalue weighted by Gasteiger charge is 2.38. The van der Waals surface area contributed by atoms with Crippen molar-refractivity contribution in [3.05, 3.63) is 41.2 Å². The third-order valence-electron chi connectivity index (χ3n) is 7.07. The molecule has 212 valence electrons. The molecule has 3 heterocycles. The van der Waals surface area contributed by atoms with Gasteiger partial charge in [-0.25, -0.2) is 18.4 Å². The Morgan fingerprint density at radius 2 is 1.69 bits per heavy atom. The Morgan fingerprint density at radius 3 is 2.28 bits per heavy atom. The van der Waals surface area contributed by atoms with Gasteiger partial charge in [-0.2, -0.15) is 9.97 Å². The largest absolute Gasteiger partial charge is 0.479 e. The lowest BCUT2D eigenvalue weighted by molar-refractivity contribution is 0.0948. The molecule has 0 radical (unpaired) electrons. The lowest BCUT2D eigenvalue weighted by Gasteiger charge is -2.30. The number of methoxy groups -OCH3 is 3. The lowest BCUT2D eigenvalue weighted by Crippen LogP contribution is -2.30. The molecule has 1 aliphatic carbocycles. The van der Waals surface area contributed by atoms with E-state index in [0.717, 1.165) is 25.7 Å². The van der Waals surface area contributed by atoms with Crippen molar-refractivity contribution < 1.29 is 27.7 Å². The molecule has 0 unspecified atom stereocenters. The van der Waals surface area contributed by atoms with Crippen molar-refractivity contribution in [3.8, 4) is 17.4 Å². The van der Waals surface area contributed by atoms with Gasteiger partial charge in [0.05, 0.1) is 24.5 Å². The third-order valence-corrected chi connectivity index (χ3v) is 9.30. The maximum atomic E-state index is 13.8. The van der Waals surface area contributed by atoms with Crippen molar-refractivity contribution in [2.75, 3.05) is 27.9 Å². The van der Waals surface area contributed by atoms with E-state index in [0.29, 0.717) is 10.8 Å². The lowest BCUT2D eigenvalue weighted by atomic mass is 9.79. The number of nitrogens with zero attached hydrogens (tertiary/aromatic N) is 7. The highest BCUT2D eigenvalue weighted by Crippen LogP contribution is 2.40. The van der Waals surface area contributed by atoms with Gasteiger partial charge < -0.3 is 19.3 Å². The number of aliphatic hydroxyl groups excluding tert-OH is 1. The maximum absolute atomic E-state index is 13.8. The zero-order valence-corrected chi connectivity index (χ0v) is 23.8. The van der Waals surface area contributed by atoms with Crippen LogP contribution in [0.3, 0.4) is 0 Å². The zero-order chi connectivity index (χ0) is 28.2. The van der Waals surface area contributed by atoms with Crippen LogP contribution in [0.2, 0.25) is 5.02 Å². The summed E-state index contributed by atoms with van der Waals surface area (Å²) in [5, 5.41) is 18.1. The van der Waals surface area contributed by atoms with Crippen LogP contribution in [0.4, 0.5) is 0 Å². The van der Waals surface area contributed by atoms with E-state index >= 15 is 0 Å². The number of ether oxygens (including phenoxy) is 3. The second kappa shape index (κ2) is 12.5. The molecular weight excluding hydrogens is 550 g/mol. The van der Waals surface area contributed by atoms with E-state index in [1.807, 2.05) is 0 Å². The second-order valence-electron chi connectivity index (χ2n) is 9.31. The van der Waals surface area contributed by atoms with Crippen molar-refractivity contribution in [2.45, 2.75) is 55.6 Å². The molecule has 0 saturated heterocycles. The minimum atomic E-state index is -3.92. The van der Waals surface area contributed by atoms with Crippen molar-refractivity contribution in [2.24, 2.45) is 5.92 Å². The summed E-state index contributed by atoms with van der Waals surface area (Å²) in [5.41, 5.74) is 0.284. The Bertz CT molecular complexity index is 1350. The van der Waals surface area contributed by atoms with E-state index < -0.39 is 26.9 Å². The molecule has 0 bridgehead atoms. The molecule has 1 saturated carbocycles. The summed E-state index contributed by atoms with van der Waals surface area (Å²) in [5.74, 6) is 0.394. The molecule has 4 rings (SSSR count). The van der Waals surface area contributed by atoms with Gasteiger partial charge in [-0.15, -0.1) is 10.2 Å². The van der Waals surface area contributed by atoms with E-state index in [1.165, 1.54) is 47.0 Å². The van der Waals surface area contributed by atoms with Crippen LogP contribution in [0.15, 0.2) is 18.7 Å². The minimum Gasteiger partial charge on any atom is -0.479 e. The van der Waals surface area contributed by atoms with Gasteiger partial charge in [0.2, 0.25) is 11.8 Å². The Balaban J connectivity index is 1.81. The molecule has 0 aromatic carbocycles. The predicted molar refractivity (Wildman–Crippen MR) is 141 cm³/mol. The molecule has 1 N–H and O–H groups in total. The smallest absolute Gasteiger partial charge is 0.245 e. The van der Waals surface area contributed by atoms with Crippen LogP contribution in [0, 0.1) is 5.92 Å². The van der Waals surface area contributed by atoms with Crippen LogP contribution >= 0.6 is 11.6 Å². The number of rotatable bonds is 11. The monoisotopic (exact) mass is 581 g/mol. The van der Waals surface area contributed by atoms with Gasteiger partial charge in [-0.3, -0.25) is 4.57 Å². The summed E-state index contributed by atoms with van der Waals surface area (Å²) >= 11 is 5.90. The van der Waals surface area contributed by atoms with Gasteiger partial charge in [-0.05, 0) is 25.7 Å². The average Bonchev–Trinajstić information content (AvgIpc) is 3.35. The molecular formula is C24H32ClN7O6S. The van der Waals surface area contributed by atoms with E-state index in [2.05, 4.69) is 30.1 Å². The predicted octanol–water partition coefficient (Wildman–Crippen LogP) is 2.48. The summed E-state index contributed by atoms with van der Waals surface area (Å²) in [6.07, 6.45) is 6.59. The van der Waals surface area contributed by atoms with Crippen LogP contribution in [0.1, 0.15) is 62.1 Å². The fraction of sp³-hybridized carbons (Fsp3) is 0.583. The molecule has 13 nitrogen and oxygen atoms in total. The fourth-order valence-corrected chi connectivity index (χ4v) is 6.50. The van der Waals surface area contributed by atoms with Crippen LogP contribution in [-0.4, -0.2) is 81.4 Å². The fourth-order valence-electron chi connectivity index (χ4n) is 4.99. The van der Waals surface area contributed by atoms with Crippen LogP contribution in [0.5, 0.6) is 11.8 Å². The van der Waals surface area contributed by atoms with Crippen LogP contribution < -0.4 is 9.47 Å². The molecule has 0 spiro atoms. The van der Waals surface area contributed by atoms with Gasteiger partial charge in [0.25, 0.3) is 0 Å². The van der Waals surface area contributed by atoms with E-state index in [1.54, 1.807) is 4.57 Å². The number of hydrogen-bond donors (Lipinski definition) is 1. The van der Waals surface area contributed by atoms with Crippen LogP contribution in [0.25, 0.3) is 5.69 Å². The number of halogens is 1. The molecule has 0 aliphatic heterocycles. The van der Waals surface area contributed by atoms with Crippen molar-refractivity contribution in [1.29, 1.82) is 0 Å². The van der Waals surface area contributed by atoms with Crippen molar-refractivity contribution >= 4 is 21.4 Å². The number of hydrogen-bond acceptors (Lipinski definition) is 12. The standard InChI is InChI=1S/C24H32ClN7O6S/c1-14(20(36-2)21-26-9-16(25)10-27-21)39(34,35)12-18-30-31-22(17-8-6-5-7-15(17)11-33)32(18)19-23(37-3)28-13-29-24(19)38-4/h9-10,13-15,17,20,33H,5-8,11-12H2,1-4H3/t14-,15-,17-,20-/m0/s1. The first-order valence-electron chi connectivity index (χ1n) is 12.5. The quantitative estimate of drug-likeness (QED) is 0.352. The highest BCUT2D eigenvalue weighted by molar-refractivity contribution is 7.91. The summed E-state index contributed by atoms with van der Waals surface area (Å²) < 4.78 is 45.6. The van der Waals surface area contributed by atoms with Gasteiger partial charge in [-0.1, -0.05) is 24.4 Å². The van der Waals surface area contributed by atoms with Gasteiger partial charge in [0.1, 0.15) is 24.0 Å². The highest BCUT2D eigenvalue weighted by atomic mass is 35.5. The van der Waals surface area contributed by atoms with Crippen molar-refractivity contribution in [3.63, 3.8) is 0 Å². The molecule has 0 amide bonds. The normalized spacial score (nSPS) is 19.4. The SMILES string of the molecule is COc1ncnc(OC)c1-n1c(CS(=O)(=O)[C@@H](C)[C@H](OC)c2ncc(Cl)cn2)nnc1[C@H]1CCCC[C@H]1CO. The second-order valence-corrected chi connectivity index (χ2v) is 12.1. The number of aromatic nitrogens is 7. The van der Waals surface area contributed by atoms with Crippen molar-refractivity contribution in [1.82, 2.24) is 34.7 Å². The topological polar surface area (TPSA) is 164 Å². The molecule has 3 aromatic rings. The summed E-state index contributed by atoms with van der Waals surface area (Å²) in [6.45, 7) is 1.50. The average molecular weight is 582 g/mol. The Labute approximate surface area is 231 Å². The van der Waals surface area contributed by atoms with Gasteiger partial charge >= 0.3 is 0 Å². The number of sulfone groups is 1. The zero-order valence-electron chi connectivity index (χ0n) is 22.2. The van der Waals surface area contributed by atoms with Gasteiger partial charge in [0.15, 0.2) is 27.2 Å². The van der Waals surface area contributed by atoms with Crippen LogP contribution in [-0.2, 0) is 20.3 Å². The summed E-state index contributed by atoms with van der Waals surface area (Å²) in [6, 6.07) is 0. The molecule has 3 aromatic heterocycles. The Hall–Kier alpha value is -2.94. The third kappa shape index (κ3) is 5.98. The Kier molecular flexibility index (Phi) is 9.31.